The van der Waals surface area contributed by atoms with Crippen molar-refractivity contribution in [2.45, 2.75) is 33.0 Å². The molecule has 0 aliphatic carbocycles. The second kappa shape index (κ2) is 11.4. The lowest BCUT2D eigenvalue weighted by Crippen LogP contribution is -2.41. The number of ether oxygens (including phenoxy) is 1. The number of benzene rings is 1. The van der Waals surface area contributed by atoms with Crippen molar-refractivity contribution in [1.82, 2.24) is 19.4 Å². The van der Waals surface area contributed by atoms with Crippen LogP contribution in [-0.4, -0.2) is 81.9 Å². The van der Waals surface area contributed by atoms with Crippen molar-refractivity contribution >= 4 is 23.4 Å². The molecule has 35 heavy (non-hydrogen) atoms. The number of alkyl halides is 3. The minimum atomic E-state index is -5.08. The minimum absolute atomic E-state index is 0.0747. The quantitative estimate of drug-likeness (QED) is 0.652. The third kappa shape index (κ3) is 7.71. The number of hydrogen-bond donors (Lipinski definition) is 1. The second-order valence-corrected chi connectivity index (χ2v) is 10.0. The number of carboxylic acid groups (broad SMARTS) is 1. The zero-order valence-corrected chi connectivity index (χ0v) is 20.4. The fourth-order valence-corrected chi connectivity index (χ4v) is 4.80. The molecule has 0 radical (unpaired) electrons. The van der Waals surface area contributed by atoms with E-state index in [1.807, 2.05) is 10.3 Å². The molecule has 0 bridgehead atoms. The van der Waals surface area contributed by atoms with E-state index in [0.717, 1.165) is 50.6 Å². The first-order valence-corrected chi connectivity index (χ1v) is 12.1. The standard InChI is InChI=1S/C21H28N4O2S.C2HF3O2/c1-16(2)10-25-14-21(9-20(25)26)13-24(7-8-27-15-21)11-17-3-5-18(6-4-17)19-12-28-23-22-19;3-2(4,5)1(6)7/h3-6,12,16H,7-11,13-15H2,1-2H3;(H,6,7). The van der Waals surface area contributed by atoms with E-state index in [4.69, 9.17) is 14.6 Å². The van der Waals surface area contributed by atoms with E-state index in [1.165, 1.54) is 17.1 Å². The largest absolute Gasteiger partial charge is 0.490 e. The Bertz CT molecular complexity index is 986. The first-order chi connectivity index (χ1) is 16.5. The number of hydrogen-bond acceptors (Lipinski definition) is 7. The van der Waals surface area contributed by atoms with Crippen molar-refractivity contribution < 1.29 is 32.6 Å². The molecule has 2 aliphatic heterocycles. The van der Waals surface area contributed by atoms with E-state index in [1.54, 1.807) is 0 Å². The molecule has 1 spiro atoms. The number of likely N-dealkylation sites (tertiary alicyclic amines) is 1. The Morgan fingerprint density at radius 1 is 1.26 bits per heavy atom. The Hall–Kier alpha value is -2.57. The number of halogens is 3. The Labute approximate surface area is 205 Å². The van der Waals surface area contributed by atoms with Crippen molar-refractivity contribution in [2.24, 2.45) is 11.3 Å². The average Bonchev–Trinajstić information content (AvgIpc) is 3.35. The average molecular weight is 515 g/mol. The predicted octanol–water partition coefficient (Wildman–Crippen LogP) is 3.55. The molecule has 1 aromatic carbocycles. The molecule has 192 valence electrons. The maximum absolute atomic E-state index is 12.6. The third-order valence-corrected chi connectivity index (χ3v) is 6.27. The zero-order chi connectivity index (χ0) is 25.6. The van der Waals surface area contributed by atoms with Crippen LogP contribution in [0.5, 0.6) is 0 Å². The zero-order valence-electron chi connectivity index (χ0n) is 19.6. The van der Waals surface area contributed by atoms with E-state index < -0.39 is 12.1 Å². The summed E-state index contributed by atoms with van der Waals surface area (Å²) in [5, 5.41) is 13.2. The fourth-order valence-electron chi connectivity index (χ4n) is 4.34. The van der Waals surface area contributed by atoms with Crippen LogP contribution < -0.4 is 0 Å². The lowest BCUT2D eigenvalue weighted by Gasteiger charge is -2.31. The van der Waals surface area contributed by atoms with Crippen LogP contribution in [0.3, 0.4) is 0 Å². The highest BCUT2D eigenvalue weighted by Crippen LogP contribution is 2.35. The summed E-state index contributed by atoms with van der Waals surface area (Å²) in [5.41, 5.74) is 3.22. The monoisotopic (exact) mass is 514 g/mol. The molecule has 4 rings (SSSR count). The molecule has 2 aromatic rings. The number of aliphatic carboxylic acids is 1. The molecule has 1 N–H and O–H groups in total. The fraction of sp³-hybridized carbons (Fsp3) is 0.565. The van der Waals surface area contributed by atoms with Crippen LogP contribution in [0.1, 0.15) is 25.8 Å². The Kier molecular flexibility index (Phi) is 8.84. The van der Waals surface area contributed by atoms with E-state index in [9.17, 15) is 18.0 Å². The number of rotatable bonds is 5. The van der Waals surface area contributed by atoms with Gasteiger partial charge < -0.3 is 14.7 Å². The lowest BCUT2D eigenvalue weighted by molar-refractivity contribution is -0.192. The number of nitrogens with zero attached hydrogens (tertiary/aromatic N) is 4. The van der Waals surface area contributed by atoms with Crippen LogP contribution >= 0.6 is 11.5 Å². The van der Waals surface area contributed by atoms with Gasteiger partial charge in [-0.2, -0.15) is 13.2 Å². The summed E-state index contributed by atoms with van der Waals surface area (Å²) in [6.07, 6.45) is -4.48. The maximum Gasteiger partial charge on any atom is 0.490 e. The molecule has 1 amide bonds. The number of amides is 1. The molecule has 0 saturated carbocycles. The molecule has 2 fully saturated rings. The van der Waals surface area contributed by atoms with Gasteiger partial charge in [-0.3, -0.25) is 9.69 Å². The molecule has 2 saturated heterocycles. The van der Waals surface area contributed by atoms with E-state index >= 15 is 0 Å². The van der Waals surface area contributed by atoms with Crippen molar-refractivity contribution in [3.63, 3.8) is 0 Å². The molecule has 12 heteroatoms. The Balaban J connectivity index is 0.000000429. The van der Waals surface area contributed by atoms with Gasteiger partial charge in [0, 0.05) is 55.5 Å². The molecule has 1 unspecified atom stereocenters. The topological polar surface area (TPSA) is 95.9 Å². The molecule has 2 aliphatic rings. The minimum Gasteiger partial charge on any atom is -0.475 e. The summed E-state index contributed by atoms with van der Waals surface area (Å²) in [6, 6.07) is 8.55. The van der Waals surface area contributed by atoms with Gasteiger partial charge in [0.2, 0.25) is 5.91 Å². The van der Waals surface area contributed by atoms with E-state index in [2.05, 4.69) is 52.6 Å². The lowest BCUT2D eigenvalue weighted by atomic mass is 9.87. The van der Waals surface area contributed by atoms with Crippen LogP contribution in [0, 0.1) is 11.3 Å². The van der Waals surface area contributed by atoms with Crippen molar-refractivity contribution in [1.29, 1.82) is 0 Å². The van der Waals surface area contributed by atoms with Gasteiger partial charge in [-0.1, -0.05) is 42.6 Å². The smallest absolute Gasteiger partial charge is 0.475 e. The summed E-state index contributed by atoms with van der Waals surface area (Å²) < 4.78 is 41.6. The van der Waals surface area contributed by atoms with Crippen LogP contribution in [0.4, 0.5) is 13.2 Å². The van der Waals surface area contributed by atoms with Gasteiger partial charge >= 0.3 is 12.1 Å². The first-order valence-electron chi connectivity index (χ1n) is 11.2. The van der Waals surface area contributed by atoms with Crippen molar-refractivity contribution in [3.05, 3.63) is 35.2 Å². The van der Waals surface area contributed by atoms with E-state index in [-0.39, 0.29) is 11.3 Å². The van der Waals surface area contributed by atoms with Gasteiger partial charge in [-0.15, -0.1) is 5.10 Å². The van der Waals surface area contributed by atoms with Crippen LogP contribution in [0.25, 0.3) is 11.3 Å². The van der Waals surface area contributed by atoms with Gasteiger partial charge in [-0.25, -0.2) is 4.79 Å². The summed E-state index contributed by atoms with van der Waals surface area (Å²) in [6.45, 7) is 10.1. The van der Waals surface area contributed by atoms with Crippen LogP contribution in [-0.2, 0) is 20.9 Å². The normalized spacial score (nSPS) is 21.2. The summed E-state index contributed by atoms with van der Waals surface area (Å²) >= 11 is 1.37. The molecule has 1 aromatic heterocycles. The predicted molar refractivity (Wildman–Crippen MR) is 124 cm³/mol. The van der Waals surface area contributed by atoms with Gasteiger partial charge in [0.15, 0.2) is 0 Å². The number of carbonyl (C=O) groups is 2. The van der Waals surface area contributed by atoms with E-state index in [0.29, 0.717) is 18.9 Å². The van der Waals surface area contributed by atoms with Gasteiger partial charge in [-0.05, 0) is 23.0 Å². The number of carboxylic acids is 1. The summed E-state index contributed by atoms with van der Waals surface area (Å²) in [4.78, 5) is 25.9. The Morgan fingerprint density at radius 2 is 1.94 bits per heavy atom. The van der Waals surface area contributed by atoms with Gasteiger partial charge in [0.05, 0.1) is 13.2 Å². The van der Waals surface area contributed by atoms with Gasteiger partial charge in [0.1, 0.15) is 5.69 Å². The molecule has 1 atom stereocenters. The second-order valence-electron chi connectivity index (χ2n) is 9.40. The number of carbonyl (C=O) groups excluding carboxylic acids is 1. The highest BCUT2D eigenvalue weighted by Gasteiger charge is 2.45. The molecular weight excluding hydrogens is 485 g/mol. The molecule has 3 heterocycles. The highest BCUT2D eigenvalue weighted by atomic mass is 32.1. The summed E-state index contributed by atoms with van der Waals surface area (Å²) in [5.74, 6) is -1.98. The Morgan fingerprint density at radius 3 is 2.51 bits per heavy atom. The van der Waals surface area contributed by atoms with Gasteiger partial charge in [0.25, 0.3) is 0 Å². The maximum atomic E-state index is 12.6. The van der Waals surface area contributed by atoms with Crippen LogP contribution in [0.2, 0.25) is 0 Å². The first kappa shape index (κ1) is 27.0. The third-order valence-electron chi connectivity index (χ3n) is 5.77. The molecule has 8 nitrogen and oxygen atoms in total. The molecular formula is C23H29F3N4O4S. The number of aromatic nitrogens is 2. The summed E-state index contributed by atoms with van der Waals surface area (Å²) in [7, 11) is 0. The van der Waals surface area contributed by atoms with Crippen molar-refractivity contribution in [3.8, 4) is 11.3 Å². The SMILES string of the molecule is CC(C)CN1CC2(COCCN(Cc3ccc(-c4csnn4)cc3)C2)CC1=O.O=C(O)C(F)(F)F. The highest BCUT2D eigenvalue weighted by molar-refractivity contribution is 7.03. The van der Waals surface area contributed by atoms with Crippen molar-refractivity contribution in [2.75, 3.05) is 39.4 Å². The van der Waals surface area contributed by atoms with Crippen LogP contribution in [0.15, 0.2) is 29.6 Å².